The summed E-state index contributed by atoms with van der Waals surface area (Å²) in [6.07, 6.45) is -0.967. The predicted octanol–water partition coefficient (Wildman–Crippen LogP) is 3.51. The Balaban J connectivity index is 1.57. The minimum absolute atomic E-state index is 0.00330. The van der Waals surface area contributed by atoms with Crippen LogP contribution in [0.5, 0.6) is 0 Å². The minimum atomic E-state index is -1.25. The summed E-state index contributed by atoms with van der Waals surface area (Å²) >= 11 is 0. The van der Waals surface area contributed by atoms with Gasteiger partial charge in [-0.05, 0) is 16.7 Å². The molecule has 0 saturated heterocycles. The second kappa shape index (κ2) is 13.7. The molecule has 5 aromatic rings. The number of anilines is 4. The molecule has 5 rings (SSSR count). The molecule has 6 N–H and O–H groups in total. The molecule has 0 bridgehead atoms. The van der Waals surface area contributed by atoms with Crippen molar-refractivity contribution in [3.8, 4) is 0 Å². The van der Waals surface area contributed by atoms with Crippen LogP contribution in [0.1, 0.15) is 16.7 Å². The fourth-order valence-corrected chi connectivity index (χ4v) is 5.50. The largest absolute Gasteiger partial charge is 0.465 e. The molecule has 0 atom stereocenters. The van der Waals surface area contributed by atoms with Crippen LogP contribution in [0.3, 0.4) is 0 Å². The van der Waals surface area contributed by atoms with Crippen molar-refractivity contribution in [1.82, 2.24) is 20.4 Å². The fourth-order valence-electron chi connectivity index (χ4n) is 5.50. The van der Waals surface area contributed by atoms with E-state index in [1.54, 1.807) is 11.7 Å². The van der Waals surface area contributed by atoms with E-state index in [1.807, 2.05) is 91.0 Å². The first-order valence-corrected chi connectivity index (χ1v) is 14.5. The number of hydrogen-bond donors (Lipinski definition) is 6. The van der Waals surface area contributed by atoms with Crippen LogP contribution >= 0.6 is 0 Å². The van der Waals surface area contributed by atoms with Crippen molar-refractivity contribution in [2.75, 3.05) is 41.7 Å². The van der Waals surface area contributed by atoms with E-state index in [-0.39, 0.29) is 37.6 Å². The number of benzene rings is 3. The van der Waals surface area contributed by atoms with Crippen molar-refractivity contribution < 1.29 is 19.8 Å². The Hall–Kier alpha value is -6.11. The van der Waals surface area contributed by atoms with Crippen LogP contribution < -0.4 is 37.0 Å². The highest BCUT2D eigenvalue weighted by atomic mass is 16.4. The Morgan fingerprint density at radius 1 is 0.761 bits per heavy atom. The van der Waals surface area contributed by atoms with E-state index < -0.39 is 28.6 Å². The SMILES string of the molecule is Cn1ncc(Nc2c(N(CCNC(=O)O)CCNC(=O)O)c(=O)c2=O)c1NC(c1ccccc1)(c1ccccc1)c1ccccc1. The van der Waals surface area contributed by atoms with Crippen molar-refractivity contribution in [3.63, 3.8) is 0 Å². The number of nitrogens with zero attached hydrogens (tertiary/aromatic N) is 3. The highest BCUT2D eigenvalue weighted by Crippen LogP contribution is 2.42. The average Bonchev–Trinajstić information content (AvgIpc) is 3.41. The number of carbonyl (C=O) groups is 2. The van der Waals surface area contributed by atoms with Gasteiger partial charge < -0.3 is 36.4 Å². The molecule has 0 fully saturated rings. The summed E-state index contributed by atoms with van der Waals surface area (Å²) in [7, 11) is 1.75. The van der Waals surface area contributed by atoms with Crippen LogP contribution in [0.15, 0.2) is 107 Å². The van der Waals surface area contributed by atoms with Gasteiger partial charge in [0.2, 0.25) is 0 Å². The molecule has 0 unspecified atom stereocenters. The van der Waals surface area contributed by atoms with Gasteiger partial charge in [-0.2, -0.15) is 5.10 Å². The molecule has 13 heteroatoms. The number of nitrogens with one attached hydrogen (secondary N) is 4. The second-order valence-electron chi connectivity index (χ2n) is 10.5. The van der Waals surface area contributed by atoms with Gasteiger partial charge in [-0.1, -0.05) is 91.0 Å². The van der Waals surface area contributed by atoms with Gasteiger partial charge in [0.25, 0.3) is 10.9 Å². The highest BCUT2D eigenvalue weighted by molar-refractivity contribution is 5.83. The Morgan fingerprint density at radius 2 is 1.22 bits per heavy atom. The lowest BCUT2D eigenvalue weighted by Crippen LogP contribution is -2.47. The lowest BCUT2D eigenvalue weighted by molar-refractivity contribution is 0.194. The lowest BCUT2D eigenvalue weighted by Gasteiger charge is -2.38. The molecular formula is C33H33N7O6. The lowest BCUT2D eigenvalue weighted by atomic mass is 9.77. The van der Waals surface area contributed by atoms with Crippen molar-refractivity contribution >= 4 is 35.1 Å². The average molecular weight is 624 g/mol. The van der Waals surface area contributed by atoms with Crippen molar-refractivity contribution in [2.24, 2.45) is 7.05 Å². The first-order valence-electron chi connectivity index (χ1n) is 14.5. The molecule has 0 saturated carbocycles. The molecule has 2 amide bonds. The van der Waals surface area contributed by atoms with E-state index >= 15 is 0 Å². The molecule has 13 nitrogen and oxygen atoms in total. The molecule has 46 heavy (non-hydrogen) atoms. The summed E-state index contributed by atoms with van der Waals surface area (Å²) in [4.78, 5) is 49.4. The third-order valence-corrected chi connectivity index (χ3v) is 7.64. The number of hydrogen-bond acceptors (Lipinski definition) is 8. The third-order valence-electron chi connectivity index (χ3n) is 7.64. The maximum absolute atomic E-state index is 12.9. The molecule has 0 aliphatic heterocycles. The van der Waals surface area contributed by atoms with Gasteiger partial charge in [0.15, 0.2) is 0 Å². The molecule has 0 radical (unpaired) electrons. The fraction of sp³-hybridized carbons (Fsp3) is 0.182. The van der Waals surface area contributed by atoms with E-state index in [2.05, 4.69) is 26.4 Å². The first kappa shape index (κ1) is 31.3. The van der Waals surface area contributed by atoms with Gasteiger partial charge in [0.05, 0.1) is 6.20 Å². The summed E-state index contributed by atoms with van der Waals surface area (Å²) in [6.45, 7) is -0.0863. The second-order valence-corrected chi connectivity index (χ2v) is 10.5. The van der Waals surface area contributed by atoms with Gasteiger partial charge in [0, 0.05) is 33.2 Å². The predicted molar refractivity (Wildman–Crippen MR) is 175 cm³/mol. The Labute approximate surface area is 263 Å². The van der Waals surface area contributed by atoms with Crippen molar-refractivity contribution in [2.45, 2.75) is 5.54 Å². The number of rotatable bonds is 14. The van der Waals surface area contributed by atoms with Crippen LogP contribution in [-0.4, -0.2) is 58.4 Å². The number of aryl methyl sites for hydroxylation is 1. The third kappa shape index (κ3) is 6.38. The van der Waals surface area contributed by atoms with Gasteiger partial charge in [-0.25, -0.2) is 9.59 Å². The van der Waals surface area contributed by atoms with Crippen molar-refractivity contribution in [3.05, 3.63) is 134 Å². The summed E-state index contributed by atoms with van der Waals surface area (Å²) in [5.41, 5.74) is 0.826. The zero-order chi connectivity index (χ0) is 32.7. The van der Waals surface area contributed by atoms with Gasteiger partial charge in [-0.3, -0.25) is 14.3 Å². The molecular weight excluding hydrogens is 590 g/mol. The quantitative estimate of drug-likeness (QED) is 0.0792. The first-order chi connectivity index (χ1) is 22.2. The monoisotopic (exact) mass is 623 g/mol. The summed E-state index contributed by atoms with van der Waals surface area (Å²) in [5.74, 6) is 0.516. The van der Waals surface area contributed by atoms with Gasteiger partial charge in [0.1, 0.15) is 28.4 Å². The van der Waals surface area contributed by atoms with Crippen LogP contribution in [-0.2, 0) is 12.6 Å². The van der Waals surface area contributed by atoms with Crippen LogP contribution in [0.25, 0.3) is 0 Å². The van der Waals surface area contributed by atoms with Crippen LogP contribution in [0.4, 0.5) is 32.5 Å². The minimum Gasteiger partial charge on any atom is -0.465 e. The maximum Gasteiger partial charge on any atom is 0.404 e. The smallest absolute Gasteiger partial charge is 0.404 e. The van der Waals surface area contributed by atoms with E-state index in [1.165, 1.54) is 11.1 Å². The number of amides is 2. The van der Waals surface area contributed by atoms with Gasteiger partial charge in [-0.15, -0.1) is 0 Å². The normalized spacial score (nSPS) is 11.2. The Bertz CT molecular complexity index is 1750. The molecule has 4 aromatic carbocycles. The van der Waals surface area contributed by atoms with E-state index in [0.29, 0.717) is 11.5 Å². The molecule has 1 aromatic heterocycles. The zero-order valence-corrected chi connectivity index (χ0v) is 24.9. The van der Waals surface area contributed by atoms with E-state index in [9.17, 15) is 19.2 Å². The summed E-state index contributed by atoms with van der Waals surface area (Å²) < 4.78 is 1.63. The molecule has 0 spiro atoms. The summed E-state index contributed by atoms with van der Waals surface area (Å²) in [5, 5.41) is 33.8. The van der Waals surface area contributed by atoms with Gasteiger partial charge >= 0.3 is 12.2 Å². The van der Waals surface area contributed by atoms with Crippen molar-refractivity contribution in [1.29, 1.82) is 0 Å². The van der Waals surface area contributed by atoms with Crippen LogP contribution in [0, 0.1) is 0 Å². The Morgan fingerprint density at radius 3 is 1.65 bits per heavy atom. The molecule has 1 heterocycles. The highest BCUT2D eigenvalue weighted by Gasteiger charge is 2.38. The topological polar surface area (TPSA) is 178 Å². The summed E-state index contributed by atoms with van der Waals surface area (Å²) in [6, 6.07) is 29.8. The van der Waals surface area contributed by atoms with E-state index in [4.69, 9.17) is 10.2 Å². The molecule has 0 aliphatic rings. The van der Waals surface area contributed by atoms with E-state index in [0.717, 1.165) is 16.7 Å². The molecule has 0 aliphatic carbocycles. The molecule has 236 valence electrons. The number of carboxylic acid groups (broad SMARTS) is 2. The maximum atomic E-state index is 12.9. The number of aromatic nitrogens is 2. The Kier molecular flexibility index (Phi) is 9.31. The zero-order valence-electron chi connectivity index (χ0n) is 24.9. The van der Waals surface area contributed by atoms with Crippen LogP contribution in [0.2, 0.25) is 0 Å². The standard InChI is InChI=1S/C33H33N7O6/c1-39-30(38-33(22-11-5-2-6-12-22,23-13-7-3-8-14-23)24-15-9-4-10-16-24)25(21-36-39)37-26-27(29(42)28(26)41)40(19-17-34-31(43)44)20-18-35-32(45)46/h2-16,21,34-35,37-38H,17-20H2,1H3,(H,43,44)(H,45,46).